The molecule has 0 saturated heterocycles. The number of hydrogen-bond acceptors (Lipinski definition) is 10. The number of benzene rings is 1. The molecule has 0 aliphatic carbocycles. The molecule has 1 aromatic rings. The second-order valence-corrected chi connectivity index (χ2v) is 5.97. The monoisotopic (exact) mass is 362 g/mol. The quantitative estimate of drug-likeness (QED) is 0.709. The molecule has 0 fully saturated rings. The SMILES string of the molecule is COS(=O)(=O)OC.COS(=O)(=O)OC.Oc1ccc(O)cc1. The molecule has 0 radical (unpaired) electrons. The summed E-state index contributed by atoms with van der Waals surface area (Å²) in [6, 6.07) is 5.70. The van der Waals surface area contributed by atoms with Gasteiger partial charge in [0.2, 0.25) is 0 Å². The molecule has 0 saturated carbocycles. The van der Waals surface area contributed by atoms with Gasteiger partial charge in [0, 0.05) is 0 Å². The maximum absolute atomic E-state index is 9.92. The Bertz CT molecular complexity index is 516. The fourth-order valence-corrected chi connectivity index (χ4v) is 0.861. The van der Waals surface area contributed by atoms with Crippen LogP contribution in [0.4, 0.5) is 0 Å². The normalized spacial score (nSPS) is 10.7. The number of phenols is 2. The minimum atomic E-state index is -3.66. The summed E-state index contributed by atoms with van der Waals surface area (Å²) in [6.07, 6.45) is 0. The highest BCUT2D eigenvalue weighted by Gasteiger charge is 2.01. The van der Waals surface area contributed by atoms with Crippen LogP contribution in [0.2, 0.25) is 0 Å². The van der Waals surface area contributed by atoms with Crippen LogP contribution in [0.5, 0.6) is 11.5 Å². The average Bonchev–Trinajstić information content (AvgIpc) is 2.51. The lowest BCUT2D eigenvalue weighted by molar-refractivity contribution is 0.284. The van der Waals surface area contributed by atoms with Gasteiger partial charge in [-0.3, -0.25) is 16.7 Å². The molecule has 1 aromatic carbocycles. The summed E-state index contributed by atoms with van der Waals surface area (Å²) >= 11 is 0. The van der Waals surface area contributed by atoms with Crippen molar-refractivity contribution in [1.29, 1.82) is 0 Å². The van der Waals surface area contributed by atoms with Crippen LogP contribution in [0.15, 0.2) is 24.3 Å². The van der Waals surface area contributed by atoms with E-state index >= 15 is 0 Å². The number of hydrogen-bond donors (Lipinski definition) is 2. The Morgan fingerprint density at radius 1 is 0.636 bits per heavy atom. The van der Waals surface area contributed by atoms with Gasteiger partial charge in [0.05, 0.1) is 28.4 Å². The van der Waals surface area contributed by atoms with Gasteiger partial charge in [-0.15, -0.1) is 0 Å². The van der Waals surface area contributed by atoms with Crippen molar-refractivity contribution >= 4 is 20.8 Å². The number of rotatable bonds is 4. The molecule has 0 spiro atoms. The highest BCUT2D eigenvalue weighted by Crippen LogP contribution is 2.13. The minimum absolute atomic E-state index is 0.169. The first-order chi connectivity index (χ1) is 10.0. The highest BCUT2D eigenvalue weighted by molar-refractivity contribution is 7.82. The van der Waals surface area contributed by atoms with E-state index in [2.05, 4.69) is 16.7 Å². The van der Waals surface area contributed by atoms with Crippen molar-refractivity contribution in [3.63, 3.8) is 0 Å². The van der Waals surface area contributed by atoms with E-state index in [4.69, 9.17) is 10.2 Å². The molecule has 0 aromatic heterocycles. The zero-order valence-corrected chi connectivity index (χ0v) is 13.9. The van der Waals surface area contributed by atoms with E-state index in [1.165, 1.54) is 24.3 Å². The van der Waals surface area contributed by atoms with Gasteiger partial charge in [-0.05, 0) is 24.3 Å². The number of phenolic OH excluding ortho intramolecular Hbond substituents is 2. The summed E-state index contributed by atoms with van der Waals surface area (Å²) in [4.78, 5) is 0. The molecule has 12 heteroatoms. The Balaban J connectivity index is 0. The lowest BCUT2D eigenvalue weighted by atomic mass is 10.3. The second-order valence-electron chi connectivity index (χ2n) is 3.00. The lowest BCUT2D eigenvalue weighted by Gasteiger charge is -1.91. The summed E-state index contributed by atoms with van der Waals surface area (Å²) in [6.45, 7) is 0. The van der Waals surface area contributed by atoms with Crippen molar-refractivity contribution in [2.75, 3.05) is 28.4 Å². The van der Waals surface area contributed by atoms with Crippen molar-refractivity contribution in [3.05, 3.63) is 24.3 Å². The molecular formula is C10H18O10S2. The van der Waals surface area contributed by atoms with E-state index in [0.29, 0.717) is 0 Å². The first-order valence-corrected chi connectivity index (χ1v) is 7.90. The Morgan fingerprint density at radius 3 is 0.909 bits per heavy atom. The molecule has 10 nitrogen and oxygen atoms in total. The molecule has 0 bridgehead atoms. The molecule has 130 valence electrons. The van der Waals surface area contributed by atoms with Gasteiger partial charge < -0.3 is 10.2 Å². The van der Waals surface area contributed by atoms with Crippen LogP contribution < -0.4 is 0 Å². The molecule has 22 heavy (non-hydrogen) atoms. The fraction of sp³-hybridized carbons (Fsp3) is 0.400. The van der Waals surface area contributed by atoms with E-state index in [9.17, 15) is 16.8 Å². The van der Waals surface area contributed by atoms with Crippen molar-refractivity contribution in [1.82, 2.24) is 0 Å². The highest BCUT2D eigenvalue weighted by atomic mass is 32.3. The largest absolute Gasteiger partial charge is 0.508 e. The first kappa shape index (κ1) is 22.8. The van der Waals surface area contributed by atoms with E-state index in [-0.39, 0.29) is 11.5 Å². The standard InChI is InChI=1S/C6H6O2.2C2H6O4S/c7-5-1-2-6(8)4-3-5;2*1-5-7(3,4)6-2/h1-4,7-8H;2*1-2H3. The Kier molecular flexibility index (Phi) is 11.6. The predicted octanol–water partition coefficient (Wildman–Crippen LogP) is 0.146. The van der Waals surface area contributed by atoms with Crippen molar-refractivity contribution in [2.24, 2.45) is 0 Å². The predicted molar refractivity (Wildman–Crippen MR) is 75.6 cm³/mol. The maximum Gasteiger partial charge on any atom is 0.399 e. The molecule has 1 rings (SSSR count). The van der Waals surface area contributed by atoms with Gasteiger partial charge in [0.25, 0.3) is 0 Å². The Hall–Kier alpha value is -1.44. The second kappa shape index (κ2) is 11.2. The topological polar surface area (TPSA) is 146 Å². The smallest absolute Gasteiger partial charge is 0.399 e. The van der Waals surface area contributed by atoms with Crippen LogP contribution in [-0.4, -0.2) is 55.5 Å². The zero-order chi connectivity index (χ0) is 17.8. The summed E-state index contributed by atoms with van der Waals surface area (Å²) < 4.78 is 55.0. The van der Waals surface area contributed by atoms with Crippen LogP contribution in [0.1, 0.15) is 0 Å². The van der Waals surface area contributed by atoms with E-state index < -0.39 is 20.8 Å². The van der Waals surface area contributed by atoms with E-state index in [1.807, 2.05) is 0 Å². The van der Waals surface area contributed by atoms with Crippen molar-refractivity contribution < 1.29 is 43.8 Å². The van der Waals surface area contributed by atoms with Crippen molar-refractivity contribution in [3.8, 4) is 11.5 Å². The average molecular weight is 362 g/mol. The van der Waals surface area contributed by atoms with Gasteiger partial charge in [0.1, 0.15) is 11.5 Å². The van der Waals surface area contributed by atoms with Gasteiger partial charge in [0.15, 0.2) is 0 Å². The van der Waals surface area contributed by atoms with Crippen molar-refractivity contribution in [2.45, 2.75) is 0 Å². The fourth-order valence-electron chi connectivity index (χ4n) is 0.589. The molecule has 0 atom stereocenters. The third kappa shape index (κ3) is 13.5. The van der Waals surface area contributed by atoms with Crippen LogP contribution in [0, 0.1) is 0 Å². The molecular weight excluding hydrogens is 344 g/mol. The molecule has 0 aliphatic rings. The van der Waals surface area contributed by atoms with Gasteiger partial charge >= 0.3 is 20.8 Å². The third-order valence-electron chi connectivity index (χ3n) is 1.67. The summed E-state index contributed by atoms with van der Waals surface area (Å²) in [7, 11) is -3.21. The van der Waals surface area contributed by atoms with Crippen LogP contribution in [-0.2, 0) is 37.5 Å². The molecule has 0 amide bonds. The maximum atomic E-state index is 9.92. The van der Waals surface area contributed by atoms with Crippen LogP contribution in [0.3, 0.4) is 0 Å². The third-order valence-corrected chi connectivity index (χ3v) is 3.30. The van der Waals surface area contributed by atoms with Gasteiger partial charge in [-0.2, -0.15) is 16.8 Å². The zero-order valence-electron chi connectivity index (χ0n) is 12.3. The Labute approximate surface area is 129 Å². The summed E-state index contributed by atoms with van der Waals surface area (Å²) in [5.74, 6) is 0.339. The van der Waals surface area contributed by atoms with Crippen LogP contribution >= 0.6 is 0 Å². The van der Waals surface area contributed by atoms with E-state index in [1.54, 1.807) is 0 Å². The molecule has 2 N–H and O–H groups in total. The van der Waals surface area contributed by atoms with Gasteiger partial charge in [-0.1, -0.05) is 0 Å². The molecule has 0 heterocycles. The van der Waals surface area contributed by atoms with E-state index in [0.717, 1.165) is 28.4 Å². The lowest BCUT2D eigenvalue weighted by Crippen LogP contribution is -2.02. The van der Waals surface area contributed by atoms with Gasteiger partial charge in [-0.25, -0.2) is 0 Å². The van der Waals surface area contributed by atoms with Crippen LogP contribution in [0.25, 0.3) is 0 Å². The molecule has 0 aliphatic heterocycles. The minimum Gasteiger partial charge on any atom is -0.508 e. The molecule has 0 unspecified atom stereocenters. The Morgan fingerprint density at radius 2 is 0.818 bits per heavy atom. The number of aromatic hydroxyl groups is 2. The summed E-state index contributed by atoms with van der Waals surface area (Å²) in [5, 5.41) is 17.3. The summed E-state index contributed by atoms with van der Waals surface area (Å²) in [5.41, 5.74) is 0. The first-order valence-electron chi connectivity index (χ1n) is 5.23.